The van der Waals surface area contributed by atoms with Crippen molar-refractivity contribution in [1.82, 2.24) is 4.98 Å². The third-order valence-electron chi connectivity index (χ3n) is 6.12. The van der Waals surface area contributed by atoms with Gasteiger partial charge in [-0.15, -0.1) is 0 Å². The van der Waals surface area contributed by atoms with E-state index >= 15 is 0 Å². The number of Topliss-reactive ketones (excluding diaryl/α,β-unsaturated/α-hetero) is 1. The lowest BCUT2D eigenvalue weighted by Crippen LogP contribution is -2.29. The monoisotopic (exact) mass is 502 g/mol. The first-order chi connectivity index (χ1) is 17.4. The van der Waals surface area contributed by atoms with Gasteiger partial charge in [-0.1, -0.05) is 36.5 Å². The van der Waals surface area contributed by atoms with Crippen LogP contribution in [-0.2, 0) is 16.0 Å². The molecule has 0 radical (unpaired) electrons. The second-order valence-electron chi connectivity index (χ2n) is 8.33. The molecule has 0 saturated carbocycles. The third-order valence-corrected chi connectivity index (χ3v) is 7.14. The number of aromatic nitrogens is 1. The molecule has 3 aromatic carbocycles. The van der Waals surface area contributed by atoms with E-state index in [0.29, 0.717) is 23.1 Å². The van der Waals surface area contributed by atoms with Gasteiger partial charge in [0, 0.05) is 5.56 Å². The number of hydrogen-bond acceptors (Lipinski definition) is 6. The van der Waals surface area contributed by atoms with E-state index in [-0.39, 0.29) is 16.9 Å². The number of hydrogen-bond donors (Lipinski definition) is 1. The fraction of sp³-hybridized carbons (Fsp3) is 0.179. The molecule has 8 heteroatoms. The Morgan fingerprint density at radius 2 is 1.78 bits per heavy atom. The number of aliphatic hydroxyl groups is 1. The summed E-state index contributed by atoms with van der Waals surface area (Å²) in [6, 6.07) is 17.1. The molecule has 1 N–H and O–H groups in total. The predicted octanol–water partition coefficient (Wildman–Crippen LogP) is 6.02. The Morgan fingerprint density at radius 3 is 2.44 bits per heavy atom. The minimum absolute atomic E-state index is 0.0794. The van der Waals surface area contributed by atoms with Crippen LogP contribution in [0.3, 0.4) is 0 Å². The molecule has 6 nitrogen and oxygen atoms in total. The molecule has 36 heavy (non-hydrogen) atoms. The number of aliphatic hydroxyl groups excluding tert-OH is 1. The number of benzene rings is 3. The Morgan fingerprint density at radius 1 is 1.06 bits per heavy atom. The second kappa shape index (κ2) is 9.54. The van der Waals surface area contributed by atoms with Crippen molar-refractivity contribution in [2.75, 3.05) is 11.5 Å². The molecule has 1 fully saturated rings. The van der Waals surface area contributed by atoms with Gasteiger partial charge in [0.1, 0.15) is 17.3 Å². The van der Waals surface area contributed by atoms with E-state index in [9.17, 15) is 19.1 Å². The van der Waals surface area contributed by atoms with E-state index in [1.54, 1.807) is 24.3 Å². The lowest BCUT2D eigenvalue weighted by molar-refractivity contribution is -0.132. The van der Waals surface area contributed by atoms with Gasteiger partial charge in [-0.05, 0) is 73.0 Å². The summed E-state index contributed by atoms with van der Waals surface area (Å²) in [6.07, 6.45) is 0.859. The average molecular weight is 503 g/mol. The normalized spacial score (nSPS) is 17.2. The summed E-state index contributed by atoms with van der Waals surface area (Å²) >= 11 is 1.31. The van der Waals surface area contributed by atoms with Gasteiger partial charge in [0.15, 0.2) is 5.13 Å². The molecule has 1 aliphatic heterocycles. The fourth-order valence-electron chi connectivity index (χ4n) is 4.30. The molecule has 2 heterocycles. The number of halogens is 1. The molecule has 0 bridgehead atoms. The molecule has 1 atom stereocenters. The summed E-state index contributed by atoms with van der Waals surface area (Å²) in [5.41, 5.74) is 2.62. The van der Waals surface area contributed by atoms with Gasteiger partial charge in [0.05, 0.1) is 28.4 Å². The quantitative estimate of drug-likeness (QED) is 0.198. The largest absolute Gasteiger partial charge is 0.507 e. The zero-order chi connectivity index (χ0) is 25.4. The highest BCUT2D eigenvalue weighted by atomic mass is 32.1. The third kappa shape index (κ3) is 4.13. The Bertz CT molecular complexity index is 1490. The van der Waals surface area contributed by atoms with Gasteiger partial charge >= 0.3 is 5.91 Å². The van der Waals surface area contributed by atoms with Crippen LogP contribution in [0, 0.1) is 5.82 Å². The molecule has 1 aromatic heterocycles. The second-order valence-corrected chi connectivity index (χ2v) is 9.34. The number of carbonyl (C=O) groups is 2. The van der Waals surface area contributed by atoms with Crippen LogP contribution >= 0.6 is 11.3 Å². The Labute approximate surface area is 211 Å². The summed E-state index contributed by atoms with van der Waals surface area (Å²) in [7, 11) is 0. The lowest BCUT2D eigenvalue weighted by Gasteiger charge is -2.23. The van der Waals surface area contributed by atoms with Gasteiger partial charge in [0.2, 0.25) is 0 Å². The number of amides is 1. The van der Waals surface area contributed by atoms with Crippen LogP contribution in [0.1, 0.15) is 36.6 Å². The molecular formula is C28H23FN2O4S. The number of nitrogens with zero attached hydrogens (tertiary/aromatic N) is 2. The van der Waals surface area contributed by atoms with Crippen molar-refractivity contribution in [3.05, 3.63) is 94.8 Å². The van der Waals surface area contributed by atoms with Crippen LogP contribution in [0.15, 0.2) is 72.3 Å². The highest BCUT2D eigenvalue weighted by molar-refractivity contribution is 7.22. The molecule has 1 amide bonds. The molecule has 5 rings (SSSR count). The van der Waals surface area contributed by atoms with Crippen molar-refractivity contribution < 1.29 is 23.8 Å². The van der Waals surface area contributed by atoms with Crippen molar-refractivity contribution in [1.29, 1.82) is 0 Å². The Kier molecular flexibility index (Phi) is 6.28. The maximum absolute atomic E-state index is 13.5. The number of aryl methyl sites for hydroxylation is 1. The van der Waals surface area contributed by atoms with Crippen LogP contribution < -0.4 is 9.64 Å². The lowest BCUT2D eigenvalue weighted by atomic mass is 9.95. The van der Waals surface area contributed by atoms with Crippen molar-refractivity contribution in [2.24, 2.45) is 0 Å². The minimum Gasteiger partial charge on any atom is -0.507 e. The van der Waals surface area contributed by atoms with E-state index in [1.807, 2.05) is 25.1 Å². The van der Waals surface area contributed by atoms with Gasteiger partial charge in [0.25, 0.3) is 5.78 Å². The average Bonchev–Trinajstić information content (AvgIpc) is 3.42. The molecule has 0 aliphatic carbocycles. The highest BCUT2D eigenvalue weighted by Crippen LogP contribution is 2.44. The number of carbonyl (C=O) groups excluding carboxylic acids is 2. The summed E-state index contributed by atoms with van der Waals surface area (Å²) < 4.78 is 19.9. The molecule has 0 unspecified atom stereocenters. The molecule has 1 aliphatic rings. The molecule has 4 aromatic rings. The summed E-state index contributed by atoms with van der Waals surface area (Å²) in [4.78, 5) is 32.7. The van der Waals surface area contributed by atoms with Crippen LogP contribution in [0.5, 0.6) is 5.75 Å². The van der Waals surface area contributed by atoms with Gasteiger partial charge in [-0.3, -0.25) is 14.5 Å². The topological polar surface area (TPSA) is 79.7 Å². The SMILES string of the molecule is CCOc1ccc([C@H]2/C(=C(\O)c3ccc(F)cc3)C(=O)C(=O)N2c2nc3ccc(CC)cc3s2)cc1. The van der Waals surface area contributed by atoms with Gasteiger partial charge in [-0.25, -0.2) is 9.37 Å². The van der Waals surface area contributed by atoms with Crippen LogP contribution in [-0.4, -0.2) is 28.4 Å². The van der Waals surface area contributed by atoms with E-state index in [2.05, 4.69) is 11.9 Å². The number of rotatable bonds is 6. The number of anilines is 1. The highest BCUT2D eigenvalue weighted by Gasteiger charge is 2.48. The van der Waals surface area contributed by atoms with Crippen LogP contribution in [0.2, 0.25) is 0 Å². The van der Waals surface area contributed by atoms with Crippen LogP contribution in [0.25, 0.3) is 16.0 Å². The van der Waals surface area contributed by atoms with Crippen molar-refractivity contribution in [3.63, 3.8) is 0 Å². The smallest absolute Gasteiger partial charge is 0.301 e. The zero-order valence-electron chi connectivity index (χ0n) is 19.7. The molecule has 182 valence electrons. The van der Waals surface area contributed by atoms with Crippen molar-refractivity contribution >= 4 is 44.1 Å². The zero-order valence-corrected chi connectivity index (χ0v) is 20.5. The standard InChI is InChI=1S/C28H23FN2O4S/c1-3-16-5-14-21-22(15-16)36-28(30-21)31-24(17-8-12-20(13-9-17)35-4-2)23(26(33)27(31)34)25(32)18-6-10-19(29)11-7-18/h5-15,24,32H,3-4H2,1-2H3/b25-23+/t24-/m0/s1. The van der Waals surface area contributed by atoms with E-state index < -0.39 is 23.5 Å². The molecular weight excluding hydrogens is 479 g/mol. The Balaban J connectivity index is 1.69. The first kappa shape index (κ1) is 23.7. The van der Waals surface area contributed by atoms with Crippen LogP contribution in [0.4, 0.5) is 9.52 Å². The maximum Gasteiger partial charge on any atom is 0.301 e. The summed E-state index contributed by atoms with van der Waals surface area (Å²) in [5.74, 6) is -1.82. The van der Waals surface area contributed by atoms with E-state index in [0.717, 1.165) is 22.2 Å². The molecule has 1 saturated heterocycles. The number of fused-ring (bicyclic) bond motifs is 1. The van der Waals surface area contributed by atoms with E-state index in [1.165, 1.54) is 40.5 Å². The van der Waals surface area contributed by atoms with E-state index in [4.69, 9.17) is 4.74 Å². The van der Waals surface area contributed by atoms with Gasteiger partial charge in [-0.2, -0.15) is 0 Å². The first-order valence-electron chi connectivity index (χ1n) is 11.6. The first-order valence-corrected chi connectivity index (χ1v) is 12.4. The summed E-state index contributed by atoms with van der Waals surface area (Å²) in [6.45, 7) is 4.43. The predicted molar refractivity (Wildman–Crippen MR) is 138 cm³/mol. The Hall–Kier alpha value is -4.04. The van der Waals surface area contributed by atoms with Gasteiger partial charge < -0.3 is 9.84 Å². The van der Waals surface area contributed by atoms with Crippen molar-refractivity contribution in [2.45, 2.75) is 26.3 Å². The number of ether oxygens (including phenoxy) is 1. The van der Waals surface area contributed by atoms with Crippen molar-refractivity contribution in [3.8, 4) is 5.75 Å². The molecule has 0 spiro atoms. The maximum atomic E-state index is 13.5. The summed E-state index contributed by atoms with van der Waals surface area (Å²) in [5, 5.41) is 11.5. The number of thiazole rings is 1. The minimum atomic E-state index is -0.920. The number of ketones is 1. The fourth-order valence-corrected chi connectivity index (χ4v) is 5.36.